The van der Waals surface area contributed by atoms with Crippen LogP contribution in [0.3, 0.4) is 0 Å². The summed E-state index contributed by atoms with van der Waals surface area (Å²) in [6.45, 7) is 3.99. The zero-order chi connectivity index (χ0) is 12.3. The second-order valence-corrected chi connectivity index (χ2v) is 6.18. The van der Waals surface area contributed by atoms with Gasteiger partial charge in [0.2, 0.25) is 0 Å². The summed E-state index contributed by atoms with van der Waals surface area (Å²) >= 11 is 3.30. The fourth-order valence-electron chi connectivity index (χ4n) is 1.74. The summed E-state index contributed by atoms with van der Waals surface area (Å²) in [5.74, 6) is 4.42. The maximum absolute atomic E-state index is 11.2. The summed E-state index contributed by atoms with van der Waals surface area (Å²) in [5.41, 5.74) is 0.341. The van der Waals surface area contributed by atoms with Crippen molar-refractivity contribution in [3.8, 4) is 12.3 Å². The Kier molecular flexibility index (Phi) is 3.60. The van der Waals surface area contributed by atoms with Crippen molar-refractivity contribution in [3.63, 3.8) is 0 Å². The molecule has 0 aliphatic carbocycles. The molecule has 2 heterocycles. The van der Waals surface area contributed by atoms with Gasteiger partial charge in [0.25, 0.3) is 0 Å². The van der Waals surface area contributed by atoms with Gasteiger partial charge in [0.1, 0.15) is 11.8 Å². The molecule has 0 aromatic carbocycles. The number of terminal acetylenes is 1. The predicted molar refractivity (Wildman–Crippen MR) is 75.2 cm³/mol. The molecule has 1 atom stereocenters. The van der Waals surface area contributed by atoms with E-state index in [9.17, 15) is 4.79 Å². The lowest BCUT2D eigenvalue weighted by molar-refractivity contribution is -0.112. The number of rotatable bonds is 4. The minimum absolute atomic E-state index is 0.442. The molecule has 1 N–H and O–H groups in total. The van der Waals surface area contributed by atoms with Crippen molar-refractivity contribution in [1.29, 1.82) is 0 Å². The number of thioether (sulfide) groups is 1. The van der Waals surface area contributed by atoms with Crippen LogP contribution in [0.4, 0.5) is 0 Å². The lowest BCUT2D eigenvalue weighted by Gasteiger charge is -2.25. The van der Waals surface area contributed by atoms with Crippen LogP contribution in [0.2, 0.25) is 0 Å². The predicted octanol–water partition coefficient (Wildman–Crippen LogP) is 2.36. The highest BCUT2D eigenvalue weighted by molar-refractivity contribution is 7.99. The van der Waals surface area contributed by atoms with Crippen LogP contribution >= 0.6 is 23.1 Å². The lowest BCUT2D eigenvalue weighted by Crippen LogP contribution is -2.45. The topological polar surface area (TPSA) is 29.1 Å². The monoisotopic (exact) mass is 263 g/mol. The van der Waals surface area contributed by atoms with Gasteiger partial charge in [-0.15, -0.1) is 17.8 Å². The van der Waals surface area contributed by atoms with E-state index in [0.29, 0.717) is 0 Å². The van der Waals surface area contributed by atoms with Gasteiger partial charge >= 0.3 is 0 Å². The van der Waals surface area contributed by atoms with Crippen LogP contribution in [0.5, 0.6) is 0 Å². The molecule has 17 heavy (non-hydrogen) atoms. The van der Waals surface area contributed by atoms with E-state index >= 15 is 0 Å². The number of hydrogen-bond donors (Lipinski definition) is 1. The second-order valence-electron chi connectivity index (χ2n) is 3.99. The van der Waals surface area contributed by atoms with Crippen LogP contribution in [-0.2, 0) is 4.79 Å². The number of carbonyl (C=O) groups is 1. The average Bonchev–Trinajstić information content (AvgIpc) is 2.97. The van der Waals surface area contributed by atoms with E-state index in [1.807, 2.05) is 12.1 Å². The molecule has 0 bridgehead atoms. The largest absolute Gasteiger partial charge is 0.372 e. The van der Waals surface area contributed by atoms with Crippen LogP contribution < -0.4 is 5.32 Å². The molecule has 0 spiro atoms. The third kappa shape index (κ3) is 2.56. The molecule has 88 valence electrons. The third-order valence-electron chi connectivity index (χ3n) is 2.72. The molecule has 1 aliphatic heterocycles. The normalized spacial score (nSPS) is 23.0. The fraction of sp³-hybridized carbons (Fsp3) is 0.308. The lowest BCUT2D eigenvalue weighted by atomic mass is 10.0. The van der Waals surface area contributed by atoms with Crippen molar-refractivity contribution in [2.24, 2.45) is 0 Å². The van der Waals surface area contributed by atoms with Gasteiger partial charge in [0.15, 0.2) is 0 Å². The molecular weight excluding hydrogens is 250 g/mol. The van der Waals surface area contributed by atoms with E-state index in [1.165, 1.54) is 11.3 Å². The number of carbonyl (C=O) groups excluding carboxylic acids is 1. The molecule has 1 aromatic rings. The van der Waals surface area contributed by atoms with Gasteiger partial charge in [0.05, 0.1) is 9.75 Å². The first-order valence-electron chi connectivity index (χ1n) is 5.27. The van der Waals surface area contributed by atoms with Crippen molar-refractivity contribution in [1.82, 2.24) is 5.32 Å². The fourth-order valence-corrected chi connectivity index (χ4v) is 3.79. The molecular formula is C13H13NOS2. The summed E-state index contributed by atoms with van der Waals surface area (Å²) in [7, 11) is 0. The SMILES string of the molecule is C#Cc1ccc(C(=C)NC2(C=O)CCSC2)s1. The zero-order valence-corrected chi connectivity index (χ0v) is 11.0. The molecule has 2 nitrogen and oxygen atoms in total. The number of nitrogens with one attached hydrogen (secondary N) is 1. The van der Waals surface area contributed by atoms with Crippen molar-refractivity contribution < 1.29 is 4.79 Å². The van der Waals surface area contributed by atoms with Gasteiger partial charge in [-0.3, -0.25) is 0 Å². The summed E-state index contributed by atoms with van der Waals surface area (Å²) in [6.07, 6.45) is 7.19. The van der Waals surface area contributed by atoms with Gasteiger partial charge in [-0.1, -0.05) is 12.5 Å². The minimum atomic E-state index is -0.442. The smallest absolute Gasteiger partial charge is 0.146 e. The van der Waals surface area contributed by atoms with Gasteiger partial charge in [-0.25, -0.2) is 0 Å². The van der Waals surface area contributed by atoms with E-state index in [0.717, 1.165) is 39.7 Å². The first-order valence-corrected chi connectivity index (χ1v) is 7.24. The van der Waals surface area contributed by atoms with Gasteiger partial charge < -0.3 is 10.1 Å². The van der Waals surface area contributed by atoms with Crippen molar-refractivity contribution >= 4 is 35.1 Å². The number of hydrogen-bond acceptors (Lipinski definition) is 4. The Balaban J connectivity index is 2.11. The Hall–Kier alpha value is -1.18. The Bertz CT molecular complexity index is 478. The zero-order valence-electron chi connectivity index (χ0n) is 9.36. The summed E-state index contributed by atoms with van der Waals surface area (Å²) in [5, 5.41) is 3.25. The highest BCUT2D eigenvalue weighted by Crippen LogP contribution is 2.30. The van der Waals surface area contributed by atoms with E-state index < -0.39 is 5.54 Å². The highest BCUT2D eigenvalue weighted by atomic mass is 32.2. The van der Waals surface area contributed by atoms with Crippen LogP contribution in [-0.4, -0.2) is 23.3 Å². The van der Waals surface area contributed by atoms with E-state index in [2.05, 4.69) is 17.8 Å². The molecule has 1 fully saturated rings. The Morgan fingerprint density at radius 2 is 2.47 bits per heavy atom. The molecule has 2 rings (SSSR count). The molecule has 4 heteroatoms. The Morgan fingerprint density at radius 1 is 1.65 bits per heavy atom. The van der Waals surface area contributed by atoms with E-state index in [-0.39, 0.29) is 0 Å². The molecule has 1 saturated heterocycles. The standard InChI is InChI=1S/C13H13NOS2/c1-3-11-4-5-12(17-11)10(2)14-13(8-15)6-7-16-9-13/h1,4-5,8,14H,2,6-7,9H2. The maximum Gasteiger partial charge on any atom is 0.146 e. The maximum atomic E-state index is 11.2. The molecule has 0 radical (unpaired) electrons. The highest BCUT2D eigenvalue weighted by Gasteiger charge is 2.34. The summed E-state index contributed by atoms with van der Waals surface area (Å²) < 4.78 is 0. The van der Waals surface area contributed by atoms with E-state index in [4.69, 9.17) is 6.42 Å². The molecule has 1 unspecified atom stereocenters. The second kappa shape index (κ2) is 4.99. The minimum Gasteiger partial charge on any atom is -0.372 e. The number of thiophene rings is 1. The van der Waals surface area contributed by atoms with Crippen molar-refractivity contribution in [3.05, 3.63) is 28.5 Å². The van der Waals surface area contributed by atoms with Crippen molar-refractivity contribution in [2.75, 3.05) is 11.5 Å². The molecule has 1 aliphatic rings. The quantitative estimate of drug-likeness (QED) is 0.668. The first kappa shape index (κ1) is 12.3. The van der Waals surface area contributed by atoms with Gasteiger partial charge in [-0.05, 0) is 24.3 Å². The van der Waals surface area contributed by atoms with Crippen LogP contribution in [0, 0.1) is 12.3 Å². The number of aldehydes is 1. The van der Waals surface area contributed by atoms with Crippen LogP contribution in [0.1, 0.15) is 16.2 Å². The van der Waals surface area contributed by atoms with Crippen LogP contribution in [0.15, 0.2) is 18.7 Å². The third-order valence-corrected chi connectivity index (χ3v) is 5.01. The summed E-state index contributed by atoms with van der Waals surface area (Å²) in [4.78, 5) is 13.1. The molecule has 0 amide bonds. The van der Waals surface area contributed by atoms with Gasteiger partial charge in [-0.2, -0.15) is 11.8 Å². The summed E-state index contributed by atoms with van der Waals surface area (Å²) in [6, 6.07) is 3.83. The van der Waals surface area contributed by atoms with Crippen molar-refractivity contribution in [2.45, 2.75) is 12.0 Å². The first-order chi connectivity index (χ1) is 8.19. The Morgan fingerprint density at radius 3 is 3.00 bits per heavy atom. The van der Waals surface area contributed by atoms with Gasteiger partial charge in [0, 0.05) is 11.4 Å². The molecule has 0 saturated carbocycles. The molecule has 1 aromatic heterocycles. The average molecular weight is 263 g/mol. The van der Waals surface area contributed by atoms with E-state index in [1.54, 1.807) is 11.8 Å². The Labute approximate surface area is 109 Å². The van der Waals surface area contributed by atoms with Crippen LogP contribution in [0.25, 0.3) is 5.70 Å².